The van der Waals surface area contributed by atoms with Crippen molar-refractivity contribution in [3.8, 4) is 0 Å². The number of hydrogen-bond donors (Lipinski definition) is 2. The van der Waals surface area contributed by atoms with Crippen molar-refractivity contribution in [1.82, 2.24) is 14.9 Å². The van der Waals surface area contributed by atoms with Gasteiger partial charge in [-0.3, -0.25) is 19.4 Å². The summed E-state index contributed by atoms with van der Waals surface area (Å²) in [6, 6.07) is 10.1. The lowest BCUT2D eigenvalue weighted by molar-refractivity contribution is 0.0737. The molecule has 1 atom stereocenters. The minimum absolute atomic E-state index is 0.0654. The molecule has 0 unspecified atom stereocenters. The van der Waals surface area contributed by atoms with Crippen LogP contribution in [0.15, 0.2) is 59.8 Å². The topological polar surface area (TPSA) is 95.2 Å². The normalized spacial score (nSPS) is 16.1. The Morgan fingerprint density at radius 3 is 2.86 bits per heavy atom. The molecule has 0 saturated carbocycles. The van der Waals surface area contributed by atoms with Crippen molar-refractivity contribution < 1.29 is 9.59 Å². The Bertz CT molecular complexity index is 1040. The van der Waals surface area contributed by atoms with E-state index in [9.17, 15) is 14.4 Å². The molecule has 1 fully saturated rings. The quantitative estimate of drug-likeness (QED) is 0.711. The van der Waals surface area contributed by atoms with Crippen LogP contribution in [0.25, 0.3) is 0 Å². The van der Waals surface area contributed by atoms with E-state index in [0.29, 0.717) is 22.7 Å². The summed E-state index contributed by atoms with van der Waals surface area (Å²) in [4.78, 5) is 46.4. The van der Waals surface area contributed by atoms with Crippen LogP contribution in [0.5, 0.6) is 0 Å². The van der Waals surface area contributed by atoms with Gasteiger partial charge >= 0.3 is 0 Å². The van der Waals surface area contributed by atoms with Gasteiger partial charge in [-0.15, -0.1) is 11.3 Å². The minimum Gasteiger partial charge on any atom is -0.331 e. The van der Waals surface area contributed by atoms with Crippen molar-refractivity contribution >= 4 is 28.8 Å². The molecule has 4 rings (SSSR count). The fourth-order valence-corrected chi connectivity index (χ4v) is 4.35. The highest BCUT2D eigenvalue weighted by Gasteiger charge is 2.32. The Morgan fingerprint density at radius 2 is 2.11 bits per heavy atom. The van der Waals surface area contributed by atoms with Gasteiger partial charge in [0.15, 0.2) is 0 Å². The molecule has 4 heterocycles. The fourth-order valence-electron chi connectivity index (χ4n) is 3.30. The Kier molecular flexibility index (Phi) is 5.03. The average molecular weight is 394 g/mol. The molecule has 7 nitrogen and oxygen atoms in total. The zero-order valence-electron chi connectivity index (χ0n) is 14.9. The molecule has 2 N–H and O–H groups in total. The summed E-state index contributed by atoms with van der Waals surface area (Å²) in [5, 5.41) is 2.82. The van der Waals surface area contributed by atoms with E-state index in [1.165, 1.54) is 29.7 Å². The standard InChI is InChI=1S/C20H18N4O3S/c25-18-8-5-13(11-22-18)20(27)24-10-2-4-15(24)16-6-7-17(28-16)19(26)23-14-3-1-9-21-12-14/h1,3,5-9,11-12,15H,2,4,10H2,(H,22,25)(H,23,26)/t15-/m0/s1. The first-order chi connectivity index (χ1) is 13.6. The maximum atomic E-state index is 12.8. The first kappa shape index (κ1) is 18.1. The van der Waals surface area contributed by atoms with Crippen molar-refractivity contribution in [1.29, 1.82) is 0 Å². The smallest absolute Gasteiger partial charge is 0.265 e. The van der Waals surface area contributed by atoms with Crippen LogP contribution < -0.4 is 10.9 Å². The molecular formula is C20H18N4O3S. The van der Waals surface area contributed by atoms with E-state index < -0.39 is 0 Å². The molecule has 8 heteroatoms. The first-order valence-electron chi connectivity index (χ1n) is 8.92. The van der Waals surface area contributed by atoms with Crippen LogP contribution >= 0.6 is 11.3 Å². The number of carbonyl (C=O) groups excluding carboxylic acids is 2. The lowest BCUT2D eigenvalue weighted by atomic mass is 10.1. The second kappa shape index (κ2) is 7.77. The highest BCUT2D eigenvalue weighted by molar-refractivity contribution is 7.14. The van der Waals surface area contributed by atoms with Gasteiger partial charge in [0.1, 0.15) is 0 Å². The number of rotatable bonds is 4. The van der Waals surface area contributed by atoms with Crippen molar-refractivity contribution in [2.45, 2.75) is 18.9 Å². The van der Waals surface area contributed by atoms with Crippen molar-refractivity contribution in [3.63, 3.8) is 0 Å². The highest BCUT2D eigenvalue weighted by atomic mass is 32.1. The van der Waals surface area contributed by atoms with Crippen LogP contribution in [0.2, 0.25) is 0 Å². The molecular weight excluding hydrogens is 376 g/mol. The number of pyridine rings is 2. The van der Waals surface area contributed by atoms with Crippen LogP contribution in [-0.2, 0) is 0 Å². The number of thiophene rings is 1. The van der Waals surface area contributed by atoms with Gasteiger partial charge in [0.2, 0.25) is 5.56 Å². The van der Waals surface area contributed by atoms with Crippen molar-refractivity contribution in [3.05, 3.63) is 80.7 Å². The minimum atomic E-state index is -0.239. The van der Waals surface area contributed by atoms with Gasteiger partial charge in [-0.25, -0.2) is 0 Å². The largest absolute Gasteiger partial charge is 0.331 e. The summed E-state index contributed by atoms with van der Waals surface area (Å²) < 4.78 is 0. The van der Waals surface area contributed by atoms with Crippen LogP contribution in [0.3, 0.4) is 0 Å². The third-order valence-electron chi connectivity index (χ3n) is 4.64. The van der Waals surface area contributed by atoms with Crippen LogP contribution in [0.4, 0.5) is 5.69 Å². The van der Waals surface area contributed by atoms with Crippen LogP contribution in [0, 0.1) is 0 Å². The van der Waals surface area contributed by atoms with Gasteiger partial charge in [0.05, 0.1) is 28.4 Å². The number of nitrogens with zero attached hydrogens (tertiary/aromatic N) is 2. The molecule has 28 heavy (non-hydrogen) atoms. The summed E-state index contributed by atoms with van der Waals surface area (Å²) in [7, 11) is 0. The van der Waals surface area contributed by atoms with E-state index in [2.05, 4.69) is 15.3 Å². The van der Waals surface area contributed by atoms with Crippen LogP contribution in [-0.4, -0.2) is 33.2 Å². The Labute approximate surface area is 165 Å². The monoisotopic (exact) mass is 394 g/mol. The zero-order valence-corrected chi connectivity index (χ0v) is 15.7. The molecule has 0 radical (unpaired) electrons. The van der Waals surface area contributed by atoms with Gasteiger partial charge in [-0.1, -0.05) is 0 Å². The summed E-state index contributed by atoms with van der Waals surface area (Å²) >= 11 is 1.39. The number of aromatic amines is 1. The average Bonchev–Trinajstić information content (AvgIpc) is 3.38. The zero-order chi connectivity index (χ0) is 19.5. The maximum Gasteiger partial charge on any atom is 0.265 e. The second-order valence-electron chi connectivity index (χ2n) is 6.50. The molecule has 1 saturated heterocycles. The Balaban J connectivity index is 1.50. The lowest BCUT2D eigenvalue weighted by Gasteiger charge is -2.23. The van der Waals surface area contributed by atoms with Crippen molar-refractivity contribution in [2.24, 2.45) is 0 Å². The van der Waals surface area contributed by atoms with E-state index in [4.69, 9.17) is 0 Å². The number of likely N-dealkylation sites (tertiary alicyclic amines) is 1. The summed E-state index contributed by atoms with van der Waals surface area (Å²) in [5.41, 5.74) is 0.854. The number of hydrogen-bond acceptors (Lipinski definition) is 5. The summed E-state index contributed by atoms with van der Waals surface area (Å²) in [6.45, 7) is 0.651. The van der Waals surface area contributed by atoms with Gasteiger partial charge < -0.3 is 15.2 Å². The van der Waals surface area contributed by atoms with E-state index in [0.717, 1.165) is 17.7 Å². The summed E-state index contributed by atoms with van der Waals surface area (Å²) in [6.07, 6.45) is 6.43. The van der Waals surface area contributed by atoms with E-state index in [-0.39, 0.29) is 23.4 Å². The van der Waals surface area contributed by atoms with Gasteiger partial charge in [0.25, 0.3) is 11.8 Å². The Morgan fingerprint density at radius 1 is 1.21 bits per heavy atom. The van der Waals surface area contributed by atoms with E-state index in [1.807, 2.05) is 11.0 Å². The predicted molar refractivity (Wildman–Crippen MR) is 107 cm³/mol. The maximum absolute atomic E-state index is 12.8. The van der Waals surface area contributed by atoms with Gasteiger partial charge in [-0.2, -0.15) is 0 Å². The number of H-pyrrole nitrogens is 1. The molecule has 3 aromatic rings. The lowest BCUT2D eigenvalue weighted by Crippen LogP contribution is -2.30. The van der Waals surface area contributed by atoms with Gasteiger partial charge in [0, 0.05) is 29.9 Å². The molecule has 1 aliphatic heterocycles. The van der Waals surface area contributed by atoms with Crippen LogP contribution in [0.1, 0.15) is 43.8 Å². The van der Waals surface area contributed by atoms with Crippen molar-refractivity contribution in [2.75, 3.05) is 11.9 Å². The van der Waals surface area contributed by atoms with E-state index >= 15 is 0 Å². The SMILES string of the molecule is O=C(Nc1cccnc1)c1ccc([C@@H]2CCCN2C(=O)c2ccc(=O)[nH]c2)s1. The number of amides is 2. The predicted octanol–water partition coefficient (Wildman–Crippen LogP) is 3.06. The fraction of sp³-hybridized carbons (Fsp3) is 0.200. The molecule has 0 bridgehead atoms. The molecule has 2 amide bonds. The Hall–Kier alpha value is -3.26. The van der Waals surface area contributed by atoms with E-state index in [1.54, 1.807) is 30.6 Å². The molecule has 3 aromatic heterocycles. The number of aromatic nitrogens is 2. The third kappa shape index (κ3) is 3.72. The molecule has 1 aliphatic rings. The highest BCUT2D eigenvalue weighted by Crippen LogP contribution is 2.36. The third-order valence-corrected chi connectivity index (χ3v) is 5.83. The summed E-state index contributed by atoms with van der Waals surface area (Å²) in [5.74, 6) is -0.311. The molecule has 0 aromatic carbocycles. The number of carbonyl (C=O) groups is 2. The first-order valence-corrected chi connectivity index (χ1v) is 9.74. The number of nitrogens with one attached hydrogen (secondary N) is 2. The second-order valence-corrected chi connectivity index (χ2v) is 7.61. The van der Waals surface area contributed by atoms with Gasteiger partial charge in [-0.05, 0) is 43.2 Å². The molecule has 0 spiro atoms. The molecule has 142 valence electrons. The number of anilines is 1. The molecule has 0 aliphatic carbocycles.